The van der Waals surface area contributed by atoms with Gasteiger partial charge < -0.3 is 10.2 Å². The normalized spacial score (nSPS) is 16.6. The van der Waals surface area contributed by atoms with Crippen molar-refractivity contribution in [1.29, 1.82) is 0 Å². The van der Waals surface area contributed by atoms with Gasteiger partial charge in [-0.15, -0.1) is 0 Å². The van der Waals surface area contributed by atoms with Gasteiger partial charge in [0.2, 0.25) is 10.0 Å². The van der Waals surface area contributed by atoms with Crippen LogP contribution >= 0.6 is 0 Å². The average molecular weight is 297 g/mol. The molecule has 112 valence electrons. The highest BCUT2D eigenvalue weighted by molar-refractivity contribution is 7.89. The number of hydrogen-bond donors (Lipinski definition) is 2. The molecule has 2 rings (SSSR count). The number of hydrogen-bond acceptors (Lipinski definition) is 4. The Kier molecular flexibility index (Phi) is 5.54. The monoisotopic (exact) mass is 297 g/mol. The van der Waals surface area contributed by atoms with Crippen LogP contribution < -0.4 is 10.0 Å². The molecule has 1 aliphatic rings. The molecule has 2 N–H and O–H groups in total. The van der Waals surface area contributed by atoms with Crippen LogP contribution in [-0.2, 0) is 16.6 Å². The minimum Gasteiger partial charge on any atom is -0.316 e. The molecule has 0 aromatic heterocycles. The molecular weight excluding hydrogens is 274 g/mol. The summed E-state index contributed by atoms with van der Waals surface area (Å²) in [4.78, 5) is 2.66. The molecule has 6 heteroatoms. The summed E-state index contributed by atoms with van der Waals surface area (Å²) in [6.07, 6.45) is 2.44. The predicted octanol–water partition coefficient (Wildman–Crippen LogP) is 0.780. The van der Waals surface area contributed by atoms with Crippen LogP contribution in [-0.4, -0.2) is 46.5 Å². The van der Waals surface area contributed by atoms with E-state index in [9.17, 15) is 8.42 Å². The topological polar surface area (TPSA) is 61.4 Å². The molecule has 1 saturated heterocycles. The van der Waals surface area contributed by atoms with Crippen LogP contribution in [0.25, 0.3) is 0 Å². The molecule has 0 spiro atoms. The van der Waals surface area contributed by atoms with E-state index < -0.39 is 10.0 Å². The van der Waals surface area contributed by atoms with E-state index in [0.29, 0.717) is 18.0 Å². The van der Waals surface area contributed by atoms with E-state index in [4.69, 9.17) is 0 Å². The van der Waals surface area contributed by atoms with Crippen molar-refractivity contribution in [2.24, 2.45) is 0 Å². The Balaban J connectivity index is 1.98. The fourth-order valence-corrected chi connectivity index (χ4v) is 3.78. The summed E-state index contributed by atoms with van der Waals surface area (Å²) in [5, 5.41) is 3.00. The van der Waals surface area contributed by atoms with Crippen molar-refractivity contribution in [2.75, 3.05) is 33.2 Å². The summed E-state index contributed by atoms with van der Waals surface area (Å²) in [5.41, 5.74) is 0.795. The third-order valence-corrected chi connectivity index (χ3v) is 5.11. The summed E-state index contributed by atoms with van der Waals surface area (Å²) in [5.74, 6) is 0. The third kappa shape index (κ3) is 4.02. The first-order chi connectivity index (χ1) is 9.63. The van der Waals surface area contributed by atoms with Crippen molar-refractivity contribution in [1.82, 2.24) is 14.9 Å². The van der Waals surface area contributed by atoms with Gasteiger partial charge in [-0.1, -0.05) is 18.2 Å². The molecule has 0 atom stereocenters. The zero-order chi connectivity index (χ0) is 14.4. The van der Waals surface area contributed by atoms with E-state index >= 15 is 0 Å². The van der Waals surface area contributed by atoms with Crippen molar-refractivity contribution >= 4 is 10.0 Å². The first kappa shape index (κ1) is 15.4. The van der Waals surface area contributed by atoms with E-state index in [1.54, 1.807) is 12.1 Å². The lowest BCUT2D eigenvalue weighted by Gasteiger charge is -2.16. The maximum atomic E-state index is 12.3. The van der Waals surface area contributed by atoms with Crippen LogP contribution in [0.1, 0.15) is 18.4 Å². The van der Waals surface area contributed by atoms with Crippen LogP contribution in [0.2, 0.25) is 0 Å². The van der Waals surface area contributed by atoms with Crippen LogP contribution in [0.15, 0.2) is 29.2 Å². The van der Waals surface area contributed by atoms with Gasteiger partial charge in [-0.3, -0.25) is 0 Å². The maximum Gasteiger partial charge on any atom is 0.240 e. The quantitative estimate of drug-likeness (QED) is 0.781. The molecule has 1 fully saturated rings. The predicted molar refractivity (Wildman–Crippen MR) is 80.1 cm³/mol. The fourth-order valence-electron chi connectivity index (χ4n) is 2.52. The van der Waals surface area contributed by atoms with E-state index in [-0.39, 0.29) is 0 Å². The molecule has 1 heterocycles. The first-order valence-electron chi connectivity index (χ1n) is 7.08. The van der Waals surface area contributed by atoms with Crippen LogP contribution in [0.3, 0.4) is 0 Å². The largest absolute Gasteiger partial charge is 0.316 e. The number of benzene rings is 1. The van der Waals surface area contributed by atoms with Gasteiger partial charge in [0.25, 0.3) is 0 Å². The summed E-state index contributed by atoms with van der Waals surface area (Å²) in [6, 6.07) is 7.11. The summed E-state index contributed by atoms with van der Waals surface area (Å²) >= 11 is 0. The van der Waals surface area contributed by atoms with Gasteiger partial charge >= 0.3 is 0 Å². The van der Waals surface area contributed by atoms with E-state index in [1.165, 1.54) is 12.8 Å². The standard InChI is InChI=1S/C14H23N3O2S/c1-15-12-13-6-2-3-7-14(13)20(18,19)16-8-11-17-9-4-5-10-17/h2-3,6-7,15-16H,4-5,8-12H2,1H3. The van der Waals surface area contributed by atoms with Gasteiger partial charge in [0.05, 0.1) is 4.90 Å². The van der Waals surface area contributed by atoms with Crippen LogP contribution in [0, 0.1) is 0 Å². The maximum absolute atomic E-state index is 12.3. The molecule has 1 aromatic carbocycles. The van der Waals surface area contributed by atoms with Gasteiger partial charge in [0.15, 0.2) is 0 Å². The lowest BCUT2D eigenvalue weighted by Crippen LogP contribution is -2.34. The van der Waals surface area contributed by atoms with Gasteiger partial charge in [-0.2, -0.15) is 0 Å². The van der Waals surface area contributed by atoms with Crippen molar-refractivity contribution < 1.29 is 8.42 Å². The van der Waals surface area contributed by atoms with E-state index in [0.717, 1.165) is 25.2 Å². The summed E-state index contributed by atoms with van der Waals surface area (Å²) < 4.78 is 27.4. The number of nitrogens with one attached hydrogen (secondary N) is 2. The minimum atomic E-state index is -3.42. The molecular formula is C14H23N3O2S. The van der Waals surface area contributed by atoms with Crippen molar-refractivity contribution in [3.8, 4) is 0 Å². The molecule has 0 radical (unpaired) electrons. The molecule has 0 saturated carbocycles. The van der Waals surface area contributed by atoms with Crippen molar-refractivity contribution in [2.45, 2.75) is 24.3 Å². The summed E-state index contributed by atoms with van der Waals surface area (Å²) in [6.45, 7) is 3.96. The zero-order valence-corrected chi connectivity index (χ0v) is 12.7. The second kappa shape index (κ2) is 7.17. The Labute approximate surface area is 121 Å². The minimum absolute atomic E-state index is 0.371. The Hall–Kier alpha value is -0.950. The molecule has 1 aromatic rings. The number of sulfonamides is 1. The molecule has 0 aliphatic carbocycles. The highest BCUT2D eigenvalue weighted by Gasteiger charge is 2.18. The number of nitrogens with zero attached hydrogens (tertiary/aromatic N) is 1. The Morgan fingerprint density at radius 2 is 1.90 bits per heavy atom. The van der Waals surface area contributed by atoms with Crippen molar-refractivity contribution in [3.63, 3.8) is 0 Å². The molecule has 1 aliphatic heterocycles. The van der Waals surface area contributed by atoms with Crippen molar-refractivity contribution in [3.05, 3.63) is 29.8 Å². The highest BCUT2D eigenvalue weighted by atomic mass is 32.2. The fraction of sp³-hybridized carbons (Fsp3) is 0.571. The molecule has 0 unspecified atom stereocenters. The lowest BCUT2D eigenvalue weighted by molar-refractivity contribution is 0.344. The van der Waals surface area contributed by atoms with E-state index in [1.807, 2.05) is 19.2 Å². The van der Waals surface area contributed by atoms with E-state index in [2.05, 4.69) is 14.9 Å². The Morgan fingerprint density at radius 1 is 1.20 bits per heavy atom. The smallest absolute Gasteiger partial charge is 0.240 e. The zero-order valence-electron chi connectivity index (χ0n) is 11.9. The summed E-state index contributed by atoms with van der Waals surface area (Å²) in [7, 11) is -1.61. The first-order valence-corrected chi connectivity index (χ1v) is 8.56. The van der Waals surface area contributed by atoms with Crippen LogP contribution in [0.5, 0.6) is 0 Å². The second-order valence-electron chi connectivity index (χ2n) is 5.08. The lowest BCUT2D eigenvalue weighted by atomic mass is 10.2. The second-order valence-corrected chi connectivity index (χ2v) is 6.82. The Bertz CT molecular complexity index is 525. The van der Waals surface area contributed by atoms with Gasteiger partial charge in [-0.05, 0) is 44.6 Å². The number of likely N-dealkylation sites (tertiary alicyclic amines) is 1. The third-order valence-electron chi connectivity index (χ3n) is 3.55. The van der Waals surface area contributed by atoms with Gasteiger partial charge in [0.1, 0.15) is 0 Å². The molecule has 0 bridgehead atoms. The highest BCUT2D eigenvalue weighted by Crippen LogP contribution is 2.15. The molecule has 20 heavy (non-hydrogen) atoms. The average Bonchev–Trinajstić information content (AvgIpc) is 2.92. The van der Waals surface area contributed by atoms with Gasteiger partial charge in [0, 0.05) is 19.6 Å². The number of rotatable bonds is 7. The van der Waals surface area contributed by atoms with Crippen LogP contribution in [0.4, 0.5) is 0 Å². The van der Waals surface area contributed by atoms with Gasteiger partial charge in [-0.25, -0.2) is 13.1 Å². The molecule has 0 amide bonds. The Morgan fingerprint density at radius 3 is 2.60 bits per heavy atom. The SMILES string of the molecule is CNCc1ccccc1S(=O)(=O)NCCN1CCCC1. The molecule has 5 nitrogen and oxygen atoms in total.